The minimum atomic E-state index is -5.05. The van der Waals surface area contributed by atoms with Crippen LogP contribution < -0.4 is 15.4 Å². The fraction of sp³-hybridized carbons (Fsp3) is 0.393. The van der Waals surface area contributed by atoms with Crippen LogP contribution in [0.2, 0.25) is 0 Å². The van der Waals surface area contributed by atoms with Gasteiger partial charge in [0.1, 0.15) is 11.5 Å². The number of alkyl halides is 6. The van der Waals surface area contributed by atoms with Crippen molar-refractivity contribution in [2.45, 2.75) is 57.0 Å². The van der Waals surface area contributed by atoms with Crippen molar-refractivity contribution in [2.75, 3.05) is 18.6 Å². The van der Waals surface area contributed by atoms with Crippen LogP contribution in [0, 0.1) is 0 Å². The molecule has 230 valence electrons. The SMILES string of the molecule is CCOC(=O)N1c2ccc(OC)nc2[C@@H](c2ncc(C=O)c(Cc3cc(C(F)(F)F)cc(C(F)(F)F)c3)n2)C[C@@]1(N)CC. The molecule has 3 aromatic rings. The third kappa shape index (κ3) is 6.40. The highest BCUT2D eigenvalue weighted by Crippen LogP contribution is 2.45. The Kier molecular flexibility index (Phi) is 8.67. The fourth-order valence-electron chi connectivity index (χ4n) is 4.94. The van der Waals surface area contributed by atoms with Crippen LogP contribution in [-0.4, -0.2) is 46.7 Å². The van der Waals surface area contributed by atoms with Gasteiger partial charge in [-0.3, -0.25) is 9.69 Å². The van der Waals surface area contributed by atoms with E-state index >= 15 is 0 Å². The first-order valence-corrected chi connectivity index (χ1v) is 13.0. The number of aldehydes is 1. The van der Waals surface area contributed by atoms with E-state index in [2.05, 4.69) is 15.0 Å². The first-order chi connectivity index (χ1) is 20.1. The van der Waals surface area contributed by atoms with Crippen molar-refractivity contribution in [2.24, 2.45) is 5.73 Å². The number of anilines is 1. The summed E-state index contributed by atoms with van der Waals surface area (Å²) in [6, 6.07) is 4.25. The largest absolute Gasteiger partial charge is 0.481 e. The molecule has 0 spiro atoms. The standard InChI is InChI=1S/C28H27F6N5O4/c1-4-26(35)12-19(23-21(6-7-22(38-23)42-3)39(26)25(41)43-5-2)24-36-13-16(14-40)20(37-24)10-15-8-17(27(29,30)31)11-18(9-15)28(32,33)34/h6-9,11,13-14,19H,4-5,10,12,35H2,1-3H3/t19-,26+/m0/s1. The molecule has 43 heavy (non-hydrogen) atoms. The van der Waals surface area contributed by atoms with Gasteiger partial charge in [0.05, 0.1) is 53.4 Å². The fourth-order valence-corrected chi connectivity index (χ4v) is 4.94. The molecular weight excluding hydrogens is 584 g/mol. The number of fused-ring (bicyclic) bond motifs is 1. The average Bonchev–Trinajstić information content (AvgIpc) is 2.95. The summed E-state index contributed by atoms with van der Waals surface area (Å²) in [6.45, 7) is 3.45. The number of ether oxygens (including phenoxy) is 2. The number of rotatable bonds is 7. The van der Waals surface area contributed by atoms with Crippen molar-refractivity contribution < 1.29 is 45.4 Å². The quantitative estimate of drug-likeness (QED) is 0.260. The Hall–Kier alpha value is -4.27. The van der Waals surface area contributed by atoms with E-state index in [9.17, 15) is 35.9 Å². The molecule has 9 nitrogen and oxygen atoms in total. The molecule has 0 saturated carbocycles. The number of benzene rings is 1. The lowest BCUT2D eigenvalue weighted by Gasteiger charge is -2.46. The Morgan fingerprint density at radius 3 is 2.28 bits per heavy atom. The summed E-state index contributed by atoms with van der Waals surface area (Å²) >= 11 is 0. The lowest BCUT2D eigenvalue weighted by atomic mass is 9.83. The molecule has 0 bridgehead atoms. The van der Waals surface area contributed by atoms with Gasteiger partial charge in [-0.1, -0.05) is 6.92 Å². The maximum absolute atomic E-state index is 13.5. The van der Waals surface area contributed by atoms with Gasteiger partial charge in [0.25, 0.3) is 0 Å². The number of carbonyl (C=O) groups is 2. The Balaban J connectivity index is 1.86. The van der Waals surface area contributed by atoms with Crippen LogP contribution in [0.15, 0.2) is 36.5 Å². The van der Waals surface area contributed by atoms with E-state index in [1.54, 1.807) is 19.9 Å². The summed E-state index contributed by atoms with van der Waals surface area (Å²) in [5, 5.41) is 0. The van der Waals surface area contributed by atoms with Gasteiger partial charge >= 0.3 is 18.4 Å². The normalized spacial score (nSPS) is 18.7. The predicted molar refractivity (Wildman–Crippen MR) is 141 cm³/mol. The number of nitrogens with zero attached hydrogens (tertiary/aromatic N) is 4. The van der Waals surface area contributed by atoms with Crippen LogP contribution in [0.5, 0.6) is 5.88 Å². The summed E-state index contributed by atoms with van der Waals surface area (Å²) in [5.74, 6) is -0.591. The molecule has 0 aliphatic carbocycles. The number of halogens is 6. The minimum Gasteiger partial charge on any atom is -0.481 e. The maximum Gasteiger partial charge on any atom is 0.416 e. The van der Waals surface area contributed by atoms with Crippen LogP contribution in [0.25, 0.3) is 0 Å². The van der Waals surface area contributed by atoms with Crippen molar-refractivity contribution in [1.82, 2.24) is 15.0 Å². The van der Waals surface area contributed by atoms with Crippen molar-refractivity contribution in [3.63, 3.8) is 0 Å². The van der Waals surface area contributed by atoms with E-state index < -0.39 is 47.6 Å². The smallest absolute Gasteiger partial charge is 0.416 e. The second-order valence-corrected chi connectivity index (χ2v) is 9.85. The van der Waals surface area contributed by atoms with Gasteiger partial charge in [-0.25, -0.2) is 19.7 Å². The zero-order valence-corrected chi connectivity index (χ0v) is 23.2. The number of hydrogen-bond acceptors (Lipinski definition) is 8. The number of methoxy groups -OCH3 is 1. The van der Waals surface area contributed by atoms with Gasteiger partial charge in [-0.05, 0) is 49.6 Å². The molecule has 4 rings (SSSR count). The summed E-state index contributed by atoms with van der Waals surface area (Å²) < 4.78 is 91.2. The zero-order valence-electron chi connectivity index (χ0n) is 23.2. The van der Waals surface area contributed by atoms with E-state index in [0.717, 1.165) is 6.20 Å². The number of aromatic nitrogens is 3. The molecule has 2 aromatic heterocycles. The minimum absolute atomic E-state index is 0.0111. The lowest BCUT2D eigenvalue weighted by Crippen LogP contribution is -2.61. The number of pyridine rings is 1. The molecule has 1 aliphatic heterocycles. The zero-order chi connectivity index (χ0) is 31.7. The first-order valence-electron chi connectivity index (χ1n) is 13.0. The Labute approximate surface area is 242 Å². The summed E-state index contributed by atoms with van der Waals surface area (Å²) in [5.41, 5.74) is 2.35. The van der Waals surface area contributed by atoms with Gasteiger partial charge in [-0.2, -0.15) is 26.3 Å². The van der Waals surface area contributed by atoms with E-state index in [0.29, 0.717) is 18.4 Å². The molecule has 15 heteroatoms. The summed E-state index contributed by atoms with van der Waals surface area (Å²) in [6.07, 6.45) is -9.62. The number of nitrogens with two attached hydrogens (primary N) is 1. The van der Waals surface area contributed by atoms with E-state index in [1.165, 1.54) is 18.1 Å². The molecule has 0 fully saturated rings. The predicted octanol–water partition coefficient (Wildman–Crippen LogP) is 5.88. The Morgan fingerprint density at radius 2 is 1.74 bits per heavy atom. The topological polar surface area (TPSA) is 121 Å². The van der Waals surface area contributed by atoms with Crippen LogP contribution >= 0.6 is 0 Å². The van der Waals surface area contributed by atoms with Gasteiger partial charge in [-0.15, -0.1) is 0 Å². The first kappa shape index (κ1) is 31.7. The highest BCUT2D eigenvalue weighted by Gasteiger charge is 2.47. The molecule has 1 amide bonds. The molecule has 1 aromatic carbocycles. The Bertz CT molecular complexity index is 1500. The third-order valence-corrected chi connectivity index (χ3v) is 7.10. The molecule has 1 aliphatic rings. The summed E-state index contributed by atoms with van der Waals surface area (Å²) in [7, 11) is 1.38. The van der Waals surface area contributed by atoms with Gasteiger partial charge in [0.15, 0.2) is 6.29 Å². The number of amides is 1. The Morgan fingerprint density at radius 1 is 1.09 bits per heavy atom. The van der Waals surface area contributed by atoms with Gasteiger partial charge < -0.3 is 15.2 Å². The van der Waals surface area contributed by atoms with Gasteiger partial charge in [0, 0.05) is 18.7 Å². The maximum atomic E-state index is 13.5. The molecule has 0 saturated heterocycles. The molecule has 0 unspecified atom stereocenters. The van der Waals surface area contributed by atoms with Crippen molar-refractivity contribution in [3.8, 4) is 5.88 Å². The van der Waals surface area contributed by atoms with Crippen molar-refractivity contribution >= 4 is 18.1 Å². The third-order valence-electron chi connectivity index (χ3n) is 7.10. The van der Waals surface area contributed by atoms with Crippen LogP contribution in [0.4, 0.5) is 36.8 Å². The van der Waals surface area contributed by atoms with E-state index in [-0.39, 0.29) is 65.4 Å². The van der Waals surface area contributed by atoms with Crippen LogP contribution in [-0.2, 0) is 23.5 Å². The molecule has 2 N–H and O–H groups in total. The number of hydrogen-bond donors (Lipinski definition) is 1. The summed E-state index contributed by atoms with van der Waals surface area (Å²) in [4.78, 5) is 39.3. The monoisotopic (exact) mass is 611 g/mol. The molecule has 0 radical (unpaired) electrons. The molecular formula is C28H27F6N5O4. The van der Waals surface area contributed by atoms with Crippen LogP contribution in [0.3, 0.4) is 0 Å². The molecule has 2 atom stereocenters. The van der Waals surface area contributed by atoms with Crippen molar-refractivity contribution in [3.05, 3.63) is 76.0 Å². The molecule has 3 heterocycles. The average molecular weight is 612 g/mol. The lowest BCUT2D eigenvalue weighted by molar-refractivity contribution is -0.143. The van der Waals surface area contributed by atoms with Crippen LogP contribution in [0.1, 0.15) is 76.9 Å². The van der Waals surface area contributed by atoms with E-state index in [1.807, 2.05) is 0 Å². The van der Waals surface area contributed by atoms with E-state index in [4.69, 9.17) is 15.2 Å². The van der Waals surface area contributed by atoms with Gasteiger partial charge in [0.2, 0.25) is 5.88 Å². The second kappa shape index (κ2) is 11.8. The highest BCUT2D eigenvalue weighted by molar-refractivity contribution is 5.91. The highest BCUT2D eigenvalue weighted by atomic mass is 19.4. The second-order valence-electron chi connectivity index (χ2n) is 9.85. The number of carbonyl (C=O) groups excluding carboxylic acids is 2. The van der Waals surface area contributed by atoms with Crippen molar-refractivity contribution in [1.29, 1.82) is 0 Å².